The van der Waals surface area contributed by atoms with Crippen LogP contribution in [0.3, 0.4) is 0 Å². The van der Waals surface area contributed by atoms with Crippen LogP contribution >= 0.6 is 19.3 Å². The summed E-state index contributed by atoms with van der Waals surface area (Å²) >= 11 is 5.83. The molecule has 3 rings (SSSR count). The number of para-hydroxylation sites is 1. The number of nitrogens with two attached hydrogens (primary N) is 1. The van der Waals surface area contributed by atoms with Gasteiger partial charge in [-0.15, -0.1) is 0 Å². The van der Waals surface area contributed by atoms with Gasteiger partial charge in [0.15, 0.2) is 18.0 Å². The maximum atomic E-state index is 15.1. The molecule has 2 heterocycles. The van der Waals surface area contributed by atoms with Crippen molar-refractivity contribution in [3.63, 3.8) is 0 Å². The zero-order chi connectivity index (χ0) is 29.1. The van der Waals surface area contributed by atoms with E-state index in [2.05, 4.69) is 10.1 Å². The molecule has 0 radical (unpaired) electrons. The molecule has 2 aromatic rings. The molecule has 4 N–H and O–H groups in total. The van der Waals surface area contributed by atoms with E-state index < -0.39 is 74.5 Å². The first-order chi connectivity index (χ1) is 18.2. The number of aliphatic hydroxyl groups is 1. The molecule has 0 amide bonds. The number of anilines is 1. The van der Waals surface area contributed by atoms with E-state index in [9.17, 15) is 28.0 Å². The van der Waals surface area contributed by atoms with Gasteiger partial charge in [0.05, 0.1) is 17.7 Å². The Balaban J connectivity index is 1.92. The van der Waals surface area contributed by atoms with Crippen molar-refractivity contribution >= 4 is 31.1 Å². The SMILES string of the molecule is CC(C)OC(=O)[C@H](C)N[P@](=O)(OC[C@@]1(C(F)F)O[C@@H](n2cc(Cl)c(N)nc2=O)[C@H](F)[C@H]1O)Oc1ccccc1. The molecular weight excluding hydrogens is 572 g/mol. The standard InChI is InChI=1S/C22H27ClF3N4O8P/c1-11(2)36-19(32)12(3)29-39(34,38-13-7-5-4-6-8-13)35-10-22(20(25)26)16(31)15(24)18(37-22)30-9-14(23)17(27)28-21(30)33/h4-9,11-12,15-16,18,20,31H,10H2,1-3H3,(H,29,34)(H2,27,28,33)/t12-,15+,16+,18+,22+,39-/m0/s1. The predicted octanol–water partition coefficient (Wildman–Crippen LogP) is 2.84. The van der Waals surface area contributed by atoms with Crippen molar-refractivity contribution in [3.8, 4) is 5.75 Å². The average molecular weight is 599 g/mol. The van der Waals surface area contributed by atoms with Gasteiger partial charge in [-0.1, -0.05) is 29.8 Å². The largest absolute Gasteiger partial charge is 0.462 e. The number of hydrogen-bond acceptors (Lipinski definition) is 10. The molecule has 1 saturated heterocycles. The molecule has 6 atom stereocenters. The fourth-order valence-electron chi connectivity index (χ4n) is 3.52. The van der Waals surface area contributed by atoms with Crippen LogP contribution in [-0.2, 0) is 23.4 Å². The molecule has 1 aromatic carbocycles. The Morgan fingerprint density at radius 1 is 1.33 bits per heavy atom. The number of alkyl halides is 3. The number of esters is 1. The van der Waals surface area contributed by atoms with Gasteiger partial charge in [-0.3, -0.25) is 13.9 Å². The summed E-state index contributed by atoms with van der Waals surface area (Å²) in [4.78, 5) is 27.9. The second-order valence-corrected chi connectivity index (χ2v) is 10.9. The number of halogens is 4. The van der Waals surface area contributed by atoms with Gasteiger partial charge in [0.1, 0.15) is 23.7 Å². The summed E-state index contributed by atoms with van der Waals surface area (Å²) in [7, 11) is -4.71. The van der Waals surface area contributed by atoms with E-state index >= 15 is 4.39 Å². The lowest BCUT2D eigenvalue weighted by atomic mass is 9.97. The van der Waals surface area contributed by atoms with Gasteiger partial charge in [-0.2, -0.15) is 10.1 Å². The van der Waals surface area contributed by atoms with Crippen molar-refractivity contribution in [2.45, 2.75) is 63.4 Å². The summed E-state index contributed by atoms with van der Waals surface area (Å²) in [6.07, 6.45) is -10.7. The van der Waals surface area contributed by atoms with Crippen LogP contribution in [0.5, 0.6) is 5.75 Å². The van der Waals surface area contributed by atoms with Gasteiger partial charge in [-0.25, -0.2) is 22.5 Å². The van der Waals surface area contributed by atoms with E-state index in [-0.39, 0.29) is 10.8 Å². The Hall–Kier alpha value is -2.68. The number of nitrogen functional groups attached to an aromatic ring is 1. The first-order valence-corrected chi connectivity index (χ1v) is 13.4. The van der Waals surface area contributed by atoms with Crippen LogP contribution in [0, 0.1) is 0 Å². The number of rotatable bonds is 11. The Kier molecular flexibility index (Phi) is 9.68. The second kappa shape index (κ2) is 12.2. The molecule has 0 saturated carbocycles. The molecule has 0 bridgehead atoms. The number of benzene rings is 1. The third kappa shape index (κ3) is 6.91. The van der Waals surface area contributed by atoms with E-state index in [1.54, 1.807) is 19.9 Å². The van der Waals surface area contributed by atoms with E-state index in [1.807, 2.05) is 0 Å². The maximum absolute atomic E-state index is 15.1. The summed E-state index contributed by atoms with van der Waals surface area (Å²) in [6.45, 7) is 3.00. The van der Waals surface area contributed by atoms with Gasteiger partial charge in [0.25, 0.3) is 6.43 Å². The van der Waals surface area contributed by atoms with Crippen LogP contribution in [0.25, 0.3) is 0 Å². The topological polar surface area (TPSA) is 164 Å². The van der Waals surface area contributed by atoms with E-state index in [4.69, 9.17) is 35.9 Å². The molecule has 1 aliphatic rings. The minimum atomic E-state index is -4.71. The number of aliphatic hydroxyl groups excluding tert-OH is 1. The third-order valence-corrected chi connectivity index (χ3v) is 7.39. The zero-order valence-corrected chi connectivity index (χ0v) is 22.5. The van der Waals surface area contributed by atoms with Crippen LogP contribution in [0.2, 0.25) is 5.02 Å². The molecule has 1 aromatic heterocycles. The van der Waals surface area contributed by atoms with Crippen molar-refractivity contribution in [3.05, 3.63) is 52.0 Å². The Morgan fingerprint density at radius 3 is 2.56 bits per heavy atom. The van der Waals surface area contributed by atoms with E-state index in [1.165, 1.54) is 31.2 Å². The number of nitrogens with one attached hydrogen (secondary N) is 1. The molecule has 0 aliphatic carbocycles. The highest BCUT2D eigenvalue weighted by molar-refractivity contribution is 7.52. The summed E-state index contributed by atoms with van der Waals surface area (Å²) in [5.41, 5.74) is 1.10. The van der Waals surface area contributed by atoms with Gasteiger partial charge in [0.2, 0.25) is 0 Å². The third-order valence-electron chi connectivity index (χ3n) is 5.48. The molecule has 216 valence electrons. The molecule has 12 nitrogen and oxygen atoms in total. The van der Waals surface area contributed by atoms with Crippen LogP contribution in [0.15, 0.2) is 41.3 Å². The molecular formula is C22H27ClF3N4O8P. The van der Waals surface area contributed by atoms with Crippen LogP contribution in [0.1, 0.15) is 27.0 Å². The van der Waals surface area contributed by atoms with Gasteiger partial charge in [0, 0.05) is 6.20 Å². The lowest BCUT2D eigenvalue weighted by Crippen LogP contribution is -2.52. The Bertz CT molecular complexity index is 1270. The lowest BCUT2D eigenvalue weighted by molar-refractivity contribution is -0.192. The Labute approximate surface area is 225 Å². The summed E-state index contributed by atoms with van der Waals surface area (Å²) in [5.74, 6) is -1.29. The summed E-state index contributed by atoms with van der Waals surface area (Å²) in [5, 5.41) is 12.5. The summed E-state index contributed by atoms with van der Waals surface area (Å²) < 4.78 is 78.8. The molecule has 0 unspecified atom stereocenters. The fourth-order valence-corrected chi connectivity index (χ4v) is 5.20. The number of hydrogen-bond donors (Lipinski definition) is 3. The maximum Gasteiger partial charge on any atom is 0.459 e. The number of nitrogens with zero attached hydrogens (tertiary/aromatic N) is 2. The Morgan fingerprint density at radius 2 is 1.97 bits per heavy atom. The molecule has 1 fully saturated rings. The van der Waals surface area contributed by atoms with Crippen LogP contribution in [0.4, 0.5) is 19.0 Å². The molecule has 1 aliphatic heterocycles. The summed E-state index contributed by atoms with van der Waals surface area (Å²) in [6, 6.07) is 6.07. The van der Waals surface area contributed by atoms with E-state index in [0.29, 0.717) is 4.57 Å². The molecule has 0 spiro atoms. The van der Waals surface area contributed by atoms with Gasteiger partial charge in [-0.05, 0) is 32.9 Å². The van der Waals surface area contributed by atoms with E-state index in [0.717, 1.165) is 6.20 Å². The molecule has 17 heteroatoms. The monoisotopic (exact) mass is 598 g/mol. The highest BCUT2D eigenvalue weighted by atomic mass is 35.5. The van der Waals surface area contributed by atoms with Crippen molar-refractivity contribution in [2.24, 2.45) is 0 Å². The normalized spacial score (nSPS) is 25.4. The average Bonchev–Trinajstić information content (AvgIpc) is 3.11. The fraction of sp³-hybridized carbons (Fsp3) is 0.500. The van der Waals surface area contributed by atoms with Crippen molar-refractivity contribution < 1.29 is 46.2 Å². The number of carbonyl (C=O) groups is 1. The lowest BCUT2D eigenvalue weighted by Gasteiger charge is -2.32. The highest BCUT2D eigenvalue weighted by Gasteiger charge is 2.62. The van der Waals surface area contributed by atoms with Crippen molar-refractivity contribution in [2.75, 3.05) is 12.3 Å². The van der Waals surface area contributed by atoms with Crippen molar-refractivity contribution in [1.82, 2.24) is 14.6 Å². The molecule has 39 heavy (non-hydrogen) atoms. The number of carbonyl (C=O) groups excluding carboxylic acids is 1. The van der Waals surface area contributed by atoms with Crippen LogP contribution in [-0.4, -0.2) is 63.7 Å². The van der Waals surface area contributed by atoms with Crippen LogP contribution < -0.4 is 21.0 Å². The number of aromatic nitrogens is 2. The zero-order valence-electron chi connectivity index (χ0n) is 20.9. The quantitative estimate of drug-likeness (QED) is 0.257. The second-order valence-electron chi connectivity index (χ2n) is 8.83. The van der Waals surface area contributed by atoms with Gasteiger partial charge >= 0.3 is 19.4 Å². The van der Waals surface area contributed by atoms with Crippen molar-refractivity contribution in [1.29, 1.82) is 0 Å². The first-order valence-electron chi connectivity index (χ1n) is 11.5. The van der Waals surface area contributed by atoms with Gasteiger partial charge < -0.3 is 24.8 Å². The predicted molar refractivity (Wildman–Crippen MR) is 132 cm³/mol. The minimum Gasteiger partial charge on any atom is -0.462 e. The number of ether oxygens (including phenoxy) is 2. The highest BCUT2D eigenvalue weighted by Crippen LogP contribution is 2.49. The smallest absolute Gasteiger partial charge is 0.459 e. The minimum absolute atomic E-state index is 0.0351. The first kappa shape index (κ1) is 30.9.